The fourth-order valence-electron chi connectivity index (χ4n) is 6.52. The van der Waals surface area contributed by atoms with E-state index in [1.807, 2.05) is 18.2 Å². The van der Waals surface area contributed by atoms with Crippen LogP contribution in [0.2, 0.25) is 0 Å². The predicted molar refractivity (Wildman–Crippen MR) is 179 cm³/mol. The Labute approximate surface area is 271 Å². The Bertz CT molecular complexity index is 1180. The number of piperidine rings is 1. The molecule has 1 unspecified atom stereocenters. The highest BCUT2D eigenvalue weighted by Gasteiger charge is 2.37. The van der Waals surface area contributed by atoms with Gasteiger partial charge in [-0.1, -0.05) is 67.8 Å². The molecule has 2 aromatic rings. The summed E-state index contributed by atoms with van der Waals surface area (Å²) in [5.74, 6) is 1.58. The van der Waals surface area contributed by atoms with Crippen molar-refractivity contribution in [3.8, 4) is 0 Å². The highest BCUT2D eigenvalue weighted by Crippen LogP contribution is 2.39. The Balaban J connectivity index is 0.00000423. The molecular formula is C33H45ClN4O3S2. The molecule has 2 aliphatic heterocycles. The molecule has 2 heterocycles. The molecule has 3 amide bonds. The number of nitrogens with one attached hydrogen (secondary N) is 2. The standard InChI is InChI=1S/C33H44N4O3S2.ClH/c1-24(34-32(39)29-22-41-23-37(29)33(40)28-15-9-4-10-16-28)31(38)35-42-30(26-13-7-3-8-14-26)27-17-19-36(20-18-27)21-25-11-5-2-6-12-25;/h2,4-6,9-12,15-16,24,26-27,29-30H,3,7-8,13-14,17-23H2,1H3,(H,34,39)(H,35,38);1H/t24-,29+,30?;/m1./s1. The van der Waals surface area contributed by atoms with E-state index in [4.69, 9.17) is 0 Å². The smallest absolute Gasteiger partial charge is 0.255 e. The maximum absolute atomic E-state index is 13.2. The van der Waals surface area contributed by atoms with Gasteiger partial charge in [-0.3, -0.25) is 24.0 Å². The molecule has 0 aromatic heterocycles. The highest BCUT2D eigenvalue weighted by atomic mass is 35.5. The van der Waals surface area contributed by atoms with Crippen LogP contribution < -0.4 is 10.0 Å². The lowest BCUT2D eigenvalue weighted by atomic mass is 9.79. The van der Waals surface area contributed by atoms with E-state index in [1.54, 1.807) is 47.7 Å². The van der Waals surface area contributed by atoms with Crippen LogP contribution in [-0.4, -0.2) is 69.6 Å². The molecule has 0 radical (unpaired) electrons. The van der Waals surface area contributed by atoms with Crippen LogP contribution in [0.5, 0.6) is 0 Å². The third kappa shape index (κ3) is 9.16. The van der Waals surface area contributed by atoms with Crippen LogP contribution in [-0.2, 0) is 16.1 Å². The molecule has 0 spiro atoms. The number of carbonyl (C=O) groups excluding carboxylic acids is 3. The van der Waals surface area contributed by atoms with Crippen molar-refractivity contribution in [2.75, 3.05) is 24.7 Å². The summed E-state index contributed by atoms with van der Waals surface area (Å²) in [5, 5.41) is 3.28. The number of hydrogen-bond donors (Lipinski definition) is 2. The summed E-state index contributed by atoms with van der Waals surface area (Å²) < 4.78 is 3.15. The number of amides is 3. The van der Waals surface area contributed by atoms with Crippen molar-refractivity contribution in [2.45, 2.75) is 75.7 Å². The van der Waals surface area contributed by atoms with Crippen LogP contribution in [0.4, 0.5) is 0 Å². The first-order chi connectivity index (χ1) is 20.5. The fourth-order valence-corrected chi connectivity index (χ4v) is 9.03. The van der Waals surface area contributed by atoms with Crippen LogP contribution in [0.3, 0.4) is 0 Å². The fraction of sp³-hybridized carbons (Fsp3) is 0.545. The van der Waals surface area contributed by atoms with Crippen LogP contribution in [0, 0.1) is 11.8 Å². The lowest BCUT2D eigenvalue weighted by molar-refractivity contribution is -0.129. The summed E-state index contributed by atoms with van der Waals surface area (Å²) in [7, 11) is 0. The van der Waals surface area contributed by atoms with Crippen LogP contribution >= 0.6 is 36.1 Å². The van der Waals surface area contributed by atoms with Crippen molar-refractivity contribution in [1.29, 1.82) is 0 Å². The zero-order valence-electron chi connectivity index (χ0n) is 25.0. The van der Waals surface area contributed by atoms with Gasteiger partial charge in [0.15, 0.2) is 0 Å². The monoisotopic (exact) mass is 644 g/mol. The van der Waals surface area contributed by atoms with Gasteiger partial charge < -0.3 is 10.2 Å². The molecule has 3 aliphatic rings. The number of thioether (sulfide) groups is 1. The summed E-state index contributed by atoms with van der Waals surface area (Å²) in [6.45, 7) is 4.90. The molecule has 3 fully saturated rings. The van der Waals surface area contributed by atoms with E-state index in [9.17, 15) is 14.4 Å². The molecule has 5 rings (SSSR count). The first-order valence-corrected chi connectivity index (χ1v) is 17.5. The van der Waals surface area contributed by atoms with Gasteiger partial charge in [0.2, 0.25) is 5.91 Å². The number of nitrogens with zero attached hydrogens (tertiary/aromatic N) is 2. The molecule has 7 nitrogen and oxygen atoms in total. The van der Waals surface area contributed by atoms with Gasteiger partial charge in [-0.25, -0.2) is 0 Å². The molecule has 1 aliphatic carbocycles. The third-order valence-corrected chi connectivity index (χ3v) is 11.3. The van der Waals surface area contributed by atoms with Crippen LogP contribution in [0.25, 0.3) is 0 Å². The molecule has 2 aromatic carbocycles. The second kappa shape index (κ2) is 16.8. The minimum Gasteiger partial charge on any atom is -0.343 e. The zero-order valence-corrected chi connectivity index (χ0v) is 27.4. The van der Waals surface area contributed by atoms with E-state index >= 15 is 0 Å². The Kier molecular flexibility index (Phi) is 13.1. The minimum atomic E-state index is -0.677. The van der Waals surface area contributed by atoms with E-state index in [0.717, 1.165) is 32.5 Å². The largest absolute Gasteiger partial charge is 0.343 e. The zero-order chi connectivity index (χ0) is 29.3. The van der Waals surface area contributed by atoms with Gasteiger partial charge in [0.05, 0.1) is 5.88 Å². The first kappa shape index (κ1) is 33.7. The topological polar surface area (TPSA) is 81.8 Å². The summed E-state index contributed by atoms with van der Waals surface area (Å²) in [6, 6.07) is 18.5. The average molecular weight is 645 g/mol. The summed E-state index contributed by atoms with van der Waals surface area (Å²) >= 11 is 3.16. The van der Waals surface area contributed by atoms with E-state index in [-0.39, 0.29) is 30.1 Å². The van der Waals surface area contributed by atoms with Gasteiger partial charge in [0.25, 0.3) is 11.8 Å². The third-order valence-electron chi connectivity index (χ3n) is 8.97. The number of rotatable bonds is 10. The Morgan fingerprint density at radius 2 is 1.53 bits per heavy atom. The molecule has 2 saturated heterocycles. The lowest BCUT2D eigenvalue weighted by Gasteiger charge is -2.40. The lowest BCUT2D eigenvalue weighted by Crippen LogP contribution is -2.52. The molecular weight excluding hydrogens is 600 g/mol. The highest BCUT2D eigenvalue weighted by molar-refractivity contribution is 7.99. The number of hydrogen-bond acceptors (Lipinski definition) is 6. The van der Waals surface area contributed by atoms with E-state index in [2.05, 4.69) is 45.3 Å². The molecule has 0 bridgehead atoms. The first-order valence-electron chi connectivity index (χ1n) is 15.5. The molecule has 3 atom stereocenters. The van der Waals surface area contributed by atoms with Crippen molar-refractivity contribution in [3.05, 3.63) is 71.8 Å². The van der Waals surface area contributed by atoms with Gasteiger partial charge >= 0.3 is 0 Å². The molecule has 10 heteroatoms. The SMILES string of the molecule is C[C@@H](NC(=O)[C@@H]1CSCN1C(=O)c1ccccc1)C(=O)NSC(C1CCCCC1)C1CCN(Cc2ccccc2)CC1.Cl. The van der Waals surface area contributed by atoms with Gasteiger partial charge in [-0.15, -0.1) is 24.2 Å². The van der Waals surface area contributed by atoms with Crippen LogP contribution in [0.1, 0.15) is 67.8 Å². The number of carbonyl (C=O) groups is 3. The Morgan fingerprint density at radius 3 is 2.21 bits per heavy atom. The molecule has 43 heavy (non-hydrogen) atoms. The predicted octanol–water partition coefficient (Wildman–Crippen LogP) is 5.75. The summed E-state index contributed by atoms with van der Waals surface area (Å²) in [5.41, 5.74) is 1.93. The van der Waals surface area contributed by atoms with Crippen LogP contribution in [0.15, 0.2) is 60.7 Å². The number of benzene rings is 2. The van der Waals surface area contributed by atoms with Crippen molar-refractivity contribution in [3.63, 3.8) is 0 Å². The van der Waals surface area contributed by atoms with Gasteiger partial charge in [-0.2, -0.15) is 0 Å². The quantitative estimate of drug-likeness (QED) is 0.321. The normalized spacial score (nSPS) is 21.4. The number of likely N-dealkylation sites (tertiary alicyclic amines) is 1. The van der Waals surface area contributed by atoms with Gasteiger partial charge in [0.1, 0.15) is 12.1 Å². The van der Waals surface area contributed by atoms with E-state index in [0.29, 0.717) is 34.3 Å². The van der Waals surface area contributed by atoms with Crippen molar-refractivity contribution in [1.82, 2.24) is 19.8 Å². The number of halogens is 1. The molecule has 234 valence electrons. The van der Waals surface area contributed by atoms with E-state index < -0.39 is 12.1 Å². The van der Waals surface area contributed by atoms with Crippen molar-refractivity contribution in [2.24, 2.45) is 11.8 Å². The average Bonchev–Trinajstić information content (AvgIpc) is 3.53. The minimum absolute atomic E-state index is 0. The summed E-state index contributed by atoms with van der Waals surface area (Å²) in [4.78, 5) is 43.6. The second-order valence-corrected chi connectivity index (χ2v) is 13.9. The van der Waals surface area contributed by atoms with Crippen molar-refractivity contribution >= 4 is 53.8 Å². The Morgan fingerprint density at radius 1 is 0.907 bits per heavy atom. The second-order valence-electron chi connectivity index (χ2n) is 11.9. The van der Waals surface area contributed by atoms with E-state index in [1.165, 1.54) is 37.7 Å². The van der Waals surface area contributed by atoms with Gasteiger partial charge in [0, 0.05) is 23.1 Å². The maximum atomic E-state index is 13.2. The maximum Gasteiger partial charge on any atom is 0.255 e. The van der Waals surface area contributed by atoms with Crippen molar-refractivity contribution < 1.29 is 14.4 Å². The molecule has 1 saturated carbocycles. The summed E-state index contributed by atoms with van der Waals surface area (Å²) in [6.07, 6.45) is 8.60. The molecule has 2 N–H and O–H groups in total. The van der Waals surface area contributed by atoms with Gasteiger partial charge in [-0.05, 0) is 87.2 Å². The Hall–Kier alpha value is -2.20.